The fourth-order valence-electron chi connectivity index (χ4n) is 2.51. The molecule has 0 radical (unpaired) electrons. The van der Waals surface area contributed by atoms with Crippen molar-refractivity contribution in [1.82, 2.24) is 10.2 Å². The molecule has 1 aliphatic heterocycles. The van der Waals surface area contributed by atoms with Crippen LogP contribution in [0.3, 0.4) is 0 Å². The second-order valence-electron chi connectivity index (χ2n) is 5.25. The Kier molecular flexibility index (Phi) is 5.79. The van der Waals surface area contributed by atoms with Crippen LogP contribution in [-0.4, -0.2) is 53.9 Å². The zero-order valence-corrected chi connectivity index (χ0v) is 11.3. The normalized spacial score (nSPS) is 19.5. The molecule has 1 aliphatic rings. The van der Waals surface area contributed by atoms with Gasteiger partial charge in [0.1, 0.15) is 0 Å². The standard InChI is InChI=1S/C15H24N2O2/c18-14(12-17-8-4-5-9-17)10-16-11-15(19)13-6-2-1-3-7-13/h1-3,6-7,14-16,18-19H,4-5,8-12H2. The maximum absolute atomic E-state index is 9.96. The molecule has 2 rings (SSSR count). The van der Waals surface area contributed by atoms with Crippen LogP contribution >= 0.6 is 0 Å². The highest BCUT2D eigenvalue weighted by Gasteiger charge is 2.15. The molecule has 3 N–H and O–H groups in total. The van der Waals surface area contributed by atoms with E-state index in [-0.39, 0.29) is 6.10 Å². The zero-order valence-electron chi connectivity index (χ0n) is 11.3. The van der Waals surface area contributed by atoms with E-state index in [9.17, 15) is 10.2 Å². The quantitative estimate of drug-likeness (QED) is 0.681. The average molecular weight is 264 g/mol. The minimum Gasteiger partial charge on any atom is -0.390 e. The van der Waals surface area contributed by atoms with Gasteiger partial charge in [-0.1, -0.05) is 30.3 Å². The molecular weight excluding hydrogens is 240 g/mol. The largest absolute Gasteiger partial charge is 0.390 e. The van der Waals surface area contributed by atoms with Gasteiger partial charge < -0.3 is 20.4 Å². The van der Waals surface area contributed by atoms with Crippen molar-refractivity contribution in [3.63, 3.8) is 0 Å². The van der Waals surface area contributed by atoms with E-state index in [0.29, 0.717) is 13.1 Å². The van der Waals surface area contributed by atoms with Gasteiger partial charge in [0.25, 0.3) is 0 Å². The Bertz CT molecular complexity index is 352. The minimum atomic E-state index is -0.514. The van der Waals surface area contributed by atoms with Crippen LogP contribution in [0, 0.1) is 0 Å². The maximum Gasteiger partial charge on any atom is 0.0914 e. The highest BCUT2D eigenvalue weighted by molar-refractivity contribution is 5.17. The number of hydrogen-bond donors (Lipinski definition) is 3. The fourth-order valence-corrected chi connectivity index (χ4v) is 2.51. The number of likely N-dealkylation sites (tertiary alicyclic amines) is 1. The van der Waals surface area contributed by atoms with E-state index in [1.54, 1.807) is 0 Å². The number of hydrogen-bond acceptors (Lipinski definition) is 4. The van der Waals surface area contributed by atoms with Crippen molar-refractivity contribution < 1.29 is 10.2 Å². The predicted octanol–water partition coefficient (Wildman–Crippen LogP) is 0.766. The SMILES string of the molecule is OC(CNCC(O)c1ccccc1)CN1CCCC1. The van der Waals surface area contributed by atoms with Crippen molar-refractivity contribution in [2.24, 2.45) is 0 Å². The molecule has 1 aromatic carbocycles. The molecule has 2 unspecified atom stereocenters. The summed E-state index contributed by atoms with van der Waals surface area (Å²) >= 11 is 0. The van der Waals surface area contributed by atoms with Crippen LogP contribution in [-0.2, 0) is 0 Å². The summed E-state index contributed by atoms with van der Waals surface area (Å²) in [6, 6.07) is 9.59. The summed E-state index contributed by atoms with van der Waals surface area (Å²) in [4.78, 5) is 2.29. The number of aliphatic hydroxyl groups excluding tert-OH is 2. The molecule has 1 heterocycles. The summed E-state index contributed by atoms with van der Waals surface area (Å²) in [6.45, 7) is 3.93. The van der Waals surface area contributed by atoms with Crippen LogP contribution in [0.1, 0.15) is 24.5 Å². The van der Waals surface area contributed by atoms with Crippen LogP contribution in [0.5, 0.6) is 0 Å². The number of benzene rings is 1. The molecule has 1 saturated heterocycles. The zero-order chi connectivity index (χ0) is 13.5. The van der Waals surface area contributed by atoms with Crippen molar-refractivity contribution >= 4 is 0 Å². The van der Waals surface area contributed by atoms with Gasteiger partial charge in [-0.15, -0.1) is 0 Å². The van der Waals surface area contributed by atoms with E-state index < -0.39 is 6.10 Å². The van der Waals surface area contributed by atoms with Gasteiger partial charge in [-0.3, -0.25) is 0 Å². The molecule has 0 amide bonds. The second kappa shape index (κ2) is 7.60. The van der Waals surface area contributed by atoms with Gasteiger partial charge in [0.15, 0.2) is 0 Å². The monoisotopic (exact) mass is 264 g/mol. The number of aliphatic hydroxyl groups is 2. The number of nitrogens with zero attached hydrogens (tertiary/aromatic N) is 1. The van der Waals surface area contributed by atoms with Crippen LogP contribution in [0.4, 0.5) is 0 Å². The van der Waals surface area contributed by atoms with Crippen LogP contribution in [0.25, 0.3) is 0 Å². The maximum atomic E-state index is 9.96. The van der Waals surface area contributed by atoms with E-state index in [2.05, 4.69) is 10.2 Å². The first-order valence-corrected chi connectivity index (χ1v) is 7.10. The van der Waals surface area contributed by atoms with Crippen LogP contribution in [0.15, 0.2) is 30.3 Å². The smallest absolute Gasteiger partial charge is 0.0914 e. The third kappa shape index (κ3) is 4.91. The summed E-state index contributed by atoms with van der Waals surface area (Å²) in [6.07, 6.45) is 1.61. The van der Waals surface area contributed by atoms with Crippen molar-refractivity contribution in [3.8, 4) is 0 Å². The van der Waals surface area contributed by atoms with Crippen molar-refractivity contribution in [1.29, 1.82) is 0 Å². The molecule has 0 aliphatic carbocycles. The molecule has 106 valence electrons. The van der Waals surface area contributed by atoms with Gasteiger partial charge in [-0.2, -0.15) is 0 Å². The van der Waals surface area contributed by atoms with Gasteiger partial charge in [0.2, 0.25) is 0 Å². The van der Waals surface area contributed by atoms with Crippen LogP contribution in [0.2, 0.25) is 0 Å². The number of nitrogens with one attached hydrogen (secondary N) is 1. The van der Waals surface area contributed by atoms with E-state index in [0.717, 1.165) is 25.2 Å². The molecule has 2 atom stereocenters. The van der Waals surface area contributed by atoms with Crippen molar-refractivity contribution in [3.05, 3.63) is 35.9 Å². The Labute approximate surface area is 115 Å². The van der Waals surface area contributed by atoms with Crippen molar-refractivity contribution in [2.45, 2.75) is 25.0 Å². The second-order valence-corrected chi connectivity index (χ2v) is 5.25. The summed E-state index contributed by atoms with van der Waals surface area (Å²) < 4.78 is 0. The van der Waals surface area contributed by atoms with Gasteiger partial charge in [-0.05, 0) is 31.5 Å². The lowest BCUT2D eigenvalue weighted by atomic mass is 10.1. The fraction of sp³-hybridized carbons (Fsp3) is 0.600. The van der Waals surface area contributed by atoms with Gasteiger partial charge in [-0.25, -0.2) is 0 Å². The molecule has 1 fully saturated rings. The lowest BCUT2D eigenvalue weighted by Gasteiger charge is -2.20. The minimum absolute atomic E-state index is 0.360. The van der Waals surface area contributed by atoms with Crippen LogP contribution < -0.4 is 5.32 Å². The highest BCUT2D eigenvalue weighted by atomic mass is 16.3. The van der Waals surface area contributed by atoms with Gasteiger partial charge in [0.05, 0.1) is 12.2 Å². The topological polar surface area (TPSA) is 55.7 Å². The third-order valence-electron chi connectivity index (χ3n) is 3.57. The van der Waals surface area contributed by atoms with Crippen molar-refractivity contribution in [2.75, 3.05) is 32.7 Å². The average Bonchev–Trinajstić information content (AvgIpc) is 2.92. The summed E-state index contributed by atoms with van der Waals surface area (Å²) in [7, 11) is 0. The molecule has 1 aromatic rings. The molecule has 0 saturated carbocycles. The lowest BCUT2D eigenvalue weighted by molar-refractivity contribution is 0.114. The first-order valence-electron chi connectivity index (χ1n) is 7.10. The molecule has 4 nitrogen and oxygen atoms in total. The Morgan fingerprint density at radius 1 is 1.05 bits per heavy atom. The molecule has 4 heteroatoms. The number of rotatable bonds is 7. The summed E-state index contributed by atoms with van der Waals surface area (Å²) in [5.74, 6) is 0. The third-order valence-corrected chi connectivity index (χ3v) is 3.57. The molecule has 0 aromatic heterocycles. The van der Waals surface area contributed by atoms with E-state index in [4.69, 9.17) is 0 Å². The Balaban J connectivity index is 1.62. The van der Waals surface area contributed by atoms with E-state index in [1.807, 2.05) is 30.3 Å². The highest BCUT2D eigenvalue weighted by Crippen LogP contribution is 2.10. The first kappa shape index (κ1) is 14.5. The lowest BCUT2D eigenvalue weighted by Crippen LogP contribution is -2.38. The Hall–Kier alpha value is -0.940. The van der Waals surface area contributed by atoms with Gasteiger partial charge in [0, 0.05) is 19.6 Å². The number of β-amino-alcohol motifs (C(OH)–C–C–N with tert-alkyl or cyclic N) is 1. The Morgan fingerprint density at radius 3 is 2.42 bits per heavy atom. The van der Waals surface area contributed by atoms with E-state index in [1.165, 1.54) is 12.8 Å². The first-order chi connectivity index (χ1) is 9.25. The molecule has 0 bridgehead atoms. The van der Waals surface area contributed by atoms with Gasteiger partial charge >= 0.3 is 0 Å². The molecule has 0 spiro atoms. The summed E-state index contributed by atoms with van der Waals surface area (Å²) in [5, 5.41) is 23.0. The molecular formula is C15H24N2O2. The van der Waals surface area contributed by atoms with E-state index >= 15 is 0 Å². The molecule has 19 heavy (non-hydrogen) atoms. The Morgan fingerprint density at radius 2 is 1.74 bits per heavy atom. The predicted molar refractivity (Wildman–Crippen MR) is 76.0 cm³/mol. The summed E-state index contributed by atoms with van der Waals surface area (Å²) in [5.41, 5.74) is 0.907.